The molecule has 41 heavy (non-hydrogen) atoms. The fourth-order valence-corrected chi connectivity index (χ4v) is 5.70. The number of ether oxygens (including phenoxy) is 1. The monoisotopic (exact) mass is 553 g/mol. The number of carbonyl (C=O) groups is 2. The second-order valence-electron chi connectivity index (χ2n) is 11.1. The number of nitrogen functional groups attached to an aromatic ring is 1. The molecule has 1 saturated carbocycles. The van der Waals surface area contributed by atoms with E-state index in [0.717, 1.165) is 29.6 Å². The molecule has 2 fully saturated rings. The Balaban J connectivity index is 1.27. The van der Waals surface area contributed by atoms with Gasteiger partial charge in [0, 0.05) is 49.0 Å². The molecule has 0 unspecified atom stereocenters. The van der Waals surface area contributed by atoms with Crippen molar-refractivity contribution in [2.24, 2.45) is 0 Å². The second-order valence-corrected chi connectivity index (χ2v) is 11.1. The summed E-state index contributed by atoms with van der Waals surface area (Å²) in [4.78, 5) is 36.5. The lowest BCUT2D eigenvalue weighted by Gasteiger charge is -2.38. The maximum absolute atomic E-state index is 13.0. The molecule has 212 valence electrons. The van der Waals surface area contributed by atoms with Gasteiger partial charge in [0.25, 0.3) is 11.8 Å². The van der Waals surface area contributed by atoms with Crippen molar-refractivity contribution in [2.45, 2.75) is 63.5 Å². The Kier molecular flexibility index (Phi) is 7.17. The SMILES string of the molecule is CO[C@@H](C)C(=O)N1C[C@H](c2nn(-c3ccc(C(=O)Nc4cc(C5CC5)ccn4)cc3)c3c(N)nccc23)CC[C@@H]1C. The van der Waals surface area contributed by atoms with Gasteiger partial charge in [0.15, 0.2) is 0 Å². The number of anilines is 2. The van der Waals surface area contributed by atoms with Gasteiger partial charge in [-0.25, -0.2) is 14.6 Å². The fraction of sp³-hybridized carbons (Fsp3) is 0.387. The molecule has 3 atom stereocenters. The molecular weight excluding hydrogens is 518 g/mol. The molecule has 10 nitrogen and oxygen atoms in total. The van der Waals surface area contributed by atoms with E-state index in [4.69, 9.17) is 15.6 Å². The minimum Gasteiger partial charge on any atom is -0.382 e. The first-order valence-electron chi connectivity index (χ1n) is 14.2. The van der Waals surface area contributed by atoms with Crippen molar-refractivity contribution in [3.05, 3.63) is 71.7 Å². The van der Waals surface area contributed by atoms with E-state index < -0.39 is 6.10 Å². The van der Waals surface area contributed by atoms with Gasteiger partial charge in [0.05, 0.1) is 11.4 Å². The number of hydrogen-bond acceptors (Lipinski definition) is 7. The summed E-state index contributed by atoms with van der Waals surface area (Å²) in [6.07, 6.45) is 7.07. The average molecular weight is 554 g/mol. The Bertz CT molecular complexity index is 1600. The number of amides is 2. The summed E-state index contributed by atoms with van der Waals surface area (Å²) >= 11 is 0. The van der Waals surface area contributed by atoms with Gasteiger partial charge in [0.1, 0.15) is 23.3 Å². The molecule has 2 amide bonds. The number of nitrogens with one attached hydrogen (secondary N) is 1. The minimum absolute atomic E-state index is 0.0158. The number of pyridine rings is 2. The van der Waals surface area contributed by atoms with Crippen LogP contribution in [0.1, 0.15) is 73.0 Å². The first-order valence-corrected chi connectivity index (χ1v) is 14.2. The van der Waals surface area contributed by atoms with Gasteiger partial charge in [-0.1, -0.05) is 0 Å². The van der Waals surface area contributed by atoms with Crippen LogP contribution in [0, 0.1) is 0 Å². The predicted molar refractivity (Wildman–Crippen MR) is 157 cm³/mol. The van der Waals surface area contributed by atoms with Gasteiger partial charge in [0.2, 0.25) is 0 Å². The highest BCUT2D eigenvalue weighted by Gasteiger charge is 2.34. The Morgan fingerprint density at radius 3 is 2.49 bits per heavy atom. The van der Waals surface area contributed by atoms with E-state index in [1.165, 1.54) is 18.4 Å². The number of hydrogen-bond donors (Lipinski definition) is 2. The Morgan fingerprint density at radius 2 is 1.76 bits per heavy atom. The molecule has 6 rings (SSSR count). The van der Waals surface area contributed by atoms with Gasteiger partial charge in [-0.2, -0.15) is 5.10 Å². The van der Waals surface area contributed by atoms with Crippen molar-refractivity contribution in [1.82, 2.24) is 24.6 Å². The highest BCUT2D eigenvalue weighted by Crippen LogP contribution is 2.40. The van der Waals surface area contributed by atoms with Crippen LogP contribution in [0.2, 0.25) is 0 Å². The third-order valence-electron chi connectivity index (χ3n) is 8.35. The summed E-state index contributed by atoms with van der Waals surface area (Å²) in [6.45, 7) is 4.41. The number of benzene rings is 1. The van der Waals surface area contributed by atoms with Crippen molar-refractivity contribution in [3.63, 3.8) is 0 Å². The first kappa shape index (κ1) is 26.9. The van der Waals surface area contributed by atoms with Crippen molar-refractivity contribution in [2.75, 3.05) is 24.7 Å². The lowest BCUT2D eigenvalue weighted by molar-refractivity contribution is -0.144. The van der Waals surface area contributed by atoms with Crippen LogP contribution in [0.15, 0.2) is 54.9 Å². The van der Waals surface area contributed by atoms with Gasteiger partial charge < -0.3 is 20.7 Å². The fourth-order valence-electron chi connectivity index (χ4n) is 5.70. The molecule has 4 aromatic rings. The maximum atomic E-state index is 13.0. The summed E-state index contributed by atoms with van der Waals surface area (Å²) in [5, 5.41) is 8.84. The Morgan fingerprint density at radius 1 is 1.02 bits per heavy atom. The molecule has 0 radical (unpaired) electrons. The van der Waals surface area contributed by atoms with Crippen LogP contribution in [-0.2, 0) is 9.53 Å². The largest absolute Gasteiger partial charge is 0.382 e. The molecule has 1 aliphatic heterocycles. The van der Waals surface area contributed by atoms with Crippen LogP contribution in [0.3, 0.4) is 0 Å². The summed E-state index contributed by atoms with van der Waals surface area (Å²) in [5.74, 6) is 1.30. The van der Waals surface area contributed by atoms with E-state index >= 15 is 0 Å². The standard InChI is InChI=1S/C31H35N7O3/c1-18-4-5-23(17-37(18)31(40)19(2)41-3)27-25-13-15-34-29(32)28(25)38(36-27)24-10-8-21(9-11-24)30(39)35-26-16-22(12-14-33-26)20-6-7-20/h8-16,18-20,23H,4-7,17H2,1-3H3,(H2,32,34)(H,33,35,39)/t18-,19-,23+/m0/s1. The number of fused-ring (bicyclic) bond motifs is 1. The molecule has 0 spiro atoms. The molecule has 1 aliphatic carbocycles. The number of nitrogens with two attached hydrogens (primary N) is 1. The number of piperidine rings is 1. The molecule has 10 heteroatoms. The minimum atomic E-state index is -0.501. The van der Waals surface area contributed by atoms with E-state index in [1.807, 2.05) is 35.2 Å². The average Bonchev–Trinajstić information content (AvgIpc) is 3.77. The number of nitrogens with zero attached hydrogens (tertiary/aromatic N) is 5. The molecule has 4 heterocycles. The zero-order valence-corrected chi connectivity index (χ0v) is 23.6. The molecule has 3 aromatic heterocycles. The van der Waals surface area contributed by atoms with Gasteiger partial charge in [-0.3, -0.25) is 9.59 Å². The van der Waals surface area contributed by atoms with Gasteiger partial charge >= 0.3 is 0 Å². The number of likely N-dealkylation sites (tertiary alicyclic amines) is 1. The van der Waals surface area contributed by atoms with Crippen molar-refractivity contribution in [3.8, 4) is 5.69 Å². The molecule has 3 N–H and O–H groups in total. The molecule has 0 bridgehead atoms. The Hall–Kier alpha value is -4.31. The van der Waals surface area contributed by atoms with E-state index in [0.29, 0.717) is 35.2 Å². The highest BCUT2D eigenvalue weighted by atomic mass is 16.5. The molecule has 2 aliphatic rings. The normalized spacial score (nSPS) is 19.7. The zero-order valence-electron chi connectivity index (χ0n) is 23.6. The number of aromatic nitrogens is 4. The zero-order chi connectivity index (χ0) is 28.7. The lowest BCUT2D eigenvalue weighted by atomic mass is 9.89. The van der Waals surface area contributed by atoms with Crippen LogP contribution in [0.25, 0.3) is 16.6 Å². The van der Waals surface area contributed by atoms with Crippen molar-refractivity contribution in [1.29, 1.82) is 0 Å². The lowest BCUT2D eigenvalue weighted by Crippen LogP contribution is -2.48. The van der Waals surface area contributed by atoms with Crippen molar-refractivity contribution < 1.29 is 14.3 Å². The topological polar surface area (TPSA) is 128 Å². The third kappa shape index (κ3) is 5.27. The smallest absolute Gasteiger partial charge is 0.256 e. The summed E-state index contributed by atoms with van der Waals surface area (Å²) in [7, 11) is 1.55. The number of rotatable bonds is 7. The van der Waals surface area contributed by atoms with E-state index in [2.05, 4.69) is 22.2 Å². The second kappa shape index (κ2) is 10.9. The van der Waals surface area contributed by atoms with E-state index in [-0.39, 0.29) is 23.8 Å². The van der Waals surface area contributed by atoms with Crippen LogP contribution in [-0.4, -0.2) is 62.3 Å². The molecular formula is C31H35N7O3. The third-order valence-corrected chi connectivity index (χ3v) is 8.35. The molecule has 1 aromatic carbocycles. The van der Waals surface area contributed by atoms with E-state index in [1.54, 1.807) is 43.2 Å². The van der Waals surface area contributed by atoms with E-state index in [9.17, 15) is 9.59 Å². The maximum Gasteiger partial charge on any atom is 0.256 e. The number of methoxy groups -OCH3 is 1. The van der Waals surface area contributed by atoms with Crippen LogP contribution < -0.4 is 11.1 Å². The molecule has 1 saturated heterocycles. The van der Waals surface area contributed by atoms with Crippen molar-refractivity contribution >= 4 is 34.4 Å². The predicted octanol–water partition coefficient (Wildman–Crippen LogP) is 4.66. The first-order chi connectivity index (χ1) is 19.8. The highest BCUT2D eigenvalue weighted by molar-refractivity contribution is 6.04. The summed E-state index contributed by atoms with van der Waals surface area (Å²) < 4.78 is 7.10. The Labute approximate surface area is 238 Å². The van der Waals surface area contributed by atoms with Gasteiger partial charge in [-0.15, -0.1) is 0 Å². The summed E-state index contributed by atoms with van der Waals surface area (Å²) in [5.41, 5.74) is 10.4. The number of carbonyl (C=O) groups excluding carboxylic acids is 2. The van der Waals surface area contributed by atoms with Crippen LogP contribution in [0.4, 0.5) is 11.6 Å². The van der Waals surface area contributed by atoms with Crippen LogP contribution >= 0.6 is 0 Å². The summed E-state index contributed by atoms with van der Waals surface area (Å²) in [6, 6.07) is 13.3. The van der Waals surface area contributed by atoms with Gasteiger partial charge in [-0.05, 0) is 93.5 Å². The quantitative estimate of drug-likeness (QED) is 0.341. The van der Waals surface area contributed by atoms with Crippen LogP contribution in [0.5, 0.6) is 0 Å².